The summed E-state index contributed by atoms with van der Waals surface area (Å²) in [6, 6.07) is 6.17. The lowest BCUT2D eigenvalue weighted by Crippen LogP contribution is -1.98. The fourth-order valence-electron chi connectivity index (χ4n) is 1.50. The normalized spacial score (nSPS) is 12.3. The third-order valence-electron chi connectivity index (χ3n) is 2.67. The van der Waals surface area contributed by atoms with Gasteiger partial charge in [0.1, 0.15) is 0 Å². The molecule has 0 aromatic heterocycles. The van der Waals surface area contributed by atoms with Gasteiger partial charge in [-0.3, -0.25) is 0 Å². The van der Waals surface area contributed by atoms with Crippen LogP contribution in [0, 0.1) is 0 Å². The Hall–Kier alpha value is -1.18. The van der Waals surface area contributed by atoms with Crippen LogP contribution in [0.15, 0.2) is 18.2 Å². The van der Waals surface area contributed by atoms with E-state index in [4.69, 9.17) is 9.47 Å². The van der Waals surface area contributed by atoms with E-state index < -0.39 is 0 Å². The van der Waals surface area contributed by atoms with Gasteiger partial charge in [-0.25, -0.2) is 0 Å². The molecule has 0 N–H and O–H groups in total. The standard InChI is InChI=1S/C13H20O2/c1-5-10(3)11-7-8-12(14-4)13(9-11)15-6-2/h7-10H,5-6H2,1-4H3. The van der Waals surface area contributed by atoms with Crippen molar-refractivity contribution in [1.82, 2.24) is 0 Å². The third kappa shape index (κ3) is 2.88. The molecule has 2 nitrogen and oxygen atoms in total. The molecule has 1 rings (SSSR count). The van der Waals surface area contributed by atoms with Crippen LogP contribution >= 0.6 is 0 Å². The summed E-state index contributed by atoms with van der Waals surface area (Å²) in [6.07, 6.45) is 1.14. The zero-order chi connectivity index (χ0) is 11.3. The molecule has 0 spiro atoms. The van der Waals surface area contributed by atoms with Gasteiger partial charge in [0, 0.05) is 0 Å². The van der Waals surface area contributed by atoms with Crippen LogP contribution in [-0.4, -0.2) is 13.7 Å². The highest BCUT2D eigenvalue weighted by molar-refractivity contribution is 5.43. The van der Waals surface area contributed by atoms with Crippen molar-refractivity contribution in [3.05, 3.63) is 23.8 Å². The number of benzene rings is 1. The second-order valence-corrected chi connectivity index (χ2v) is 3.65. The first-order chi connectivity index (χ1) is 7.22. The Morgan fingerprint density at radius 3 is 2.47 bits per heavy atom. The Morgan fingerprint density at radius 2 is 1.93 bits per heavy atom. The van der Waals surface area contributed by atoms with Crippen LogP contribution in [0.5, 0.6) is 11.5 Å². The van der Waals surface area contributed by atoms with Crippen molar-refractivity contribution in [3.63, 3.8) is 0 Å². The first-order valence-electron chi connectivity index (χ1n) is 5.53. The Bertz CT molecular complexity index is 307. The fraction of sp³-hybridized carbons (Fsp3) is 0.538. The zero-order valence-corrected chi connectivity index (χ0v) is 10.0. The van der Waals surface area contributed by atoms with Crippen LogP contribution < -0.4 is 9.47 Å². The second kappa shape index (κ2) is 5.64. The first kappa shape index (κ1) is 11.9. The minimum Gasteiger partial charge on any atom is -0.493 e. The van der Waals surface area contributed by atoms with Crippen molar-refractivity contribution in [2.24, 2.45) is 0 Å². The van der Waals surface area contributed by atoms with Crippen LogP contribution in [0.4, 0.5) is 0 Å². The van der Waals surface area contributed by atoms with Crippen LogP contribution in [0.1, 0.15) is 38.7 Å². The zero-order valence-electron chi connectivity index (χ0n) is 10.0. The van der Waals surface area contributed by atoms with Crippen molar-refractivity contribution in [3.8, 4) is 11.5 Å². The molecule has 0 saturated carbocycles. The van der Waals surface area contributed by atoms with E-state index in [9.17, 15) is 0 Å². The molecule has 0 amide bonds. The van der Waals surface area contributed by atoms with E-state index in [1.165, 1.54) is 5.56 Å². The minimum atomic E-state index is 0.565. The van der Waals surface area contributed by atoms with Crippen molar-refractivity contribution < 1.29 is 9.47 Å². The molecule has 1 aromatic rings. The predicted molar refractivity (Wildman–Crippen MR) is 62.9 cm³/mol. The highest BCUT2D eigenvalue weighted by Crippen LogP contribution is 2.31. The van der Waals surface area contributed by atoms with Crippen molar-refractivity contribution >= 4 is 0 Å². The number of rotatable bonds is 5. The third-order valence-corrected chi connectivity index (χ3v) is 2.67. The van der Waals surface area contributed by atoms with Gasteiger partial charge in [-0.2, -0.15) is 0 Å². The molecule has 0 aliphatic carbocycles. The average Bonchev–Trinajstić information content (AvgIpc) is 2.28. The molecular weight excluding hydrogens is 188 g/mol. The van der Waals surface area contributed by atoms with E-state index in [0.717, 1.165) is 17.9 Å². The quantitative estimate of drug-likeness (QED) is 0.736. The van der Waals surface area contributed by atoms with Gasteiger partial charge in [0.15, 0.2) is 11.5 Å². The molecular formula is C13H20O2. The van der Waals surface area contributed by atoms with E-state index >= 15 is 0 Å². The molecule has 0 aliphatic rings. The Balaban J connectivity index is 2.98. The van der Waals surface area contributed by atoms with Gasteiger partial charge >= 0.3 is 0 Å². The lowest BCUT2D eigenvalue weighted by Gasteiger charge is -2.14. The lowest BCUT2D eigenvalue weighted by molar-refractivity contribution is 0.310. The Kier molecular flexibility index (Phi) is 4.47. The summed E-state index contributed by atoms with van der Waals surface area (Å²) in [6.45, 7) is 7.06. The summed E-state index contributed by atoms with van der Waals surface area (Å²) in [7, 11) is 1.67. The number of hydrogen-bond acceptors (Lipinski definition) is 2. The van der Waals surface area contributed by atoms with Crippen LogP contribution in [0.3, 0.4) is 0 Å². The number of ether oxygens (including phenoxy) is 2. The first-order valence-corrected chi connectivity index (χ1v) is 5.53. The molecule has 15 heavy (non-hydrogen) atoms. The summed E-state index contributed by atoms with van der Waals surface area (Å²) in [5.74, 6) is 2.22. The van der Waals surface area contributed by atoms with Gasteiger partial charge < -0.3 is 9.47 Å². The maximum absolute atomic E-state index is 5.54. The van der Waals surface area contributed by atoms with Crippen LogP contribution in [0.2, 0.25) is 0 Å². The highest BCUT2D eigenvalue weighted by Gasteiger charge is 2.08. The molecule has 1 unspecified atom stereocenters. The molecule has 2 heteroatoms. The maximum atomic E-state index is 5.54. The molecule has 1 aromatic carbocycles. The van der Waals surface area contributed by atoms with Crippen molar-refractivity contribution in [2.45, 2.75) is 33.1 Å². The summed E-state index contributed by atoms with van der Waals surface area (Å²) in [5, 5.41) is 0. The molecule has 0 fully saturated rings. The fourth-order valence-corrected chi connectivity index (χ4v) is 1.50. The Labute approximate surface area is 92.2 Å². The van der Waals surface area contributed by atoms with Gasteiger partial charge in [-0.15, -0.1) is 0 Å². The van der Waals surface area contributed by atoms with Gasteiger partial charge in [-0.1, -0.05) is 19.9 Å². The molecule has 0 bridgehead atoms. The van der Waals surface area contributed by atoms with E-state index in [2.05, 4.69) is 26.0 Å². The molecule has 84 valence electrons. The number of methoxy groups -OCH3 is 1. The topological polar surface area (TPSA) is 18.5 Å². The average molecular weight is 208 g/mol. The monoisotopic (exact) mass is 208 g/mol. The molecule has 0 heterocycles. The minimum absolute atomic E-state index is 0.565. The van der Waals surface area contributed by atoms with Gasteiger partial charge in [-0.05, 0) is 37.0 Å². The summed E-state index contributed by atoms with van der Waals surface area (Å²) in [5.41, 5.74) is 1.31. The lowest BCUT2D eigenvalue weighted by atomic mass is 9.98. The maximum Gasteiger partial charge on any atom is 0.161 e. The summed E-state index contributed by atoms with van der Waals surface area (Å²) in [4.78, 5) is 0. The SMILES string of the molecule is CCOc1cc(C(C)CC)ccc1OC. The van der Waals surface area contributed by atoms with E-state index in [-0.39, 0.29) is 0 Å². The van der Waals surface area contributed by atoms with E-state index in [1.807, 2.05) is 13.0 Å². The van der Waals surface area contributed by atoms with E-state index in [1.54, 1.807) is 7.11 Å². The van der Waals surface area contributed by atoms with Gasteiger partial charge in [0.05, 0.1) is 13.7 Å². The van der Waals surface area contributed by atoms with Crippen LogP contribution in [0.25, 0.3) is 0 Å². The second-order valence-electron chi connectivity index (χ2n) is 3.65. The largest absolute Gasteiger partial charge is 0.493 e. The van der Waals surface area contributed by atoms with Crippen molar-refractivity contribution in [2.75, 3.05) is 13.7 Å². The molecule has 0 radical (unpaired) electrons. The predicted octanol–water partition coefficient (Wildman–Crippen LogP) is 3.61. The van der Waals surface area contributed by atoms with Crippen LogP contribution in [-0.2, 0) is 0 Å². The smallest absolute Gasteiger partial charge is 0.161 e. The van der Waals surface area contributed by atoms with Gasteiger partial charge in [0.2, 0.25) is 0 Å². The highest BCUT2D eigenvalue weighted by atomic mass is 16.5. The summed E-state index contributed by atoms with van der Waals surface area (Å²) >= 11 is 0. The molecule has 0 aliphatic heterocycles. The molecule has 0 saturated heterocycles. The number of hydrogen-bond donors (Lipinski definition) is 0. The Morgan fingerprint density at radius 1 is 1.20 bits per heavy atom. The summed E-state index contributed by atoms with van der Waals surface area (Å²) < 4.78 is 10.8. The van der Waals surface area contributed by atoms with E-state index in [0.29, 0.717) is 12.5 Å². The van der Waals surface area contributed by atoms with Crippen molar-refractivity contribution in [1.29, 1.82) is 0 Å². The van der Waals surface area contributed by atoms with Gasteiger partial charge in [0.25, 0.3) is 0 Å². The molecule has 1 atom stereocenters.